The second-order valence-electron chi connectivity index (χ2n) is 4.61. The van der Waals surface area contributed by atoms with Gasteiger partial charge in [-0.15, -0.1) is 0 Å². The number of nitrogens with one attached hydrogen (secondary N) is 1. The molecule has 0 spiro atoms. The van der Waals surface area contributed by atoms with E-state index in [2.05, 4.69) is 12.2 Å². The largest absolute Gasteiger partial charge is 0.508 e. The van der Waals surface area contributed by atoms with Crippen LogP contribution in [0.5, 0.6) is 5.75 Å². The second kappa shape index (κ2) is 8.95. The zero-order chi connectivity index (χ0) is 13.2. The van der Waals surface area contributed by atoms with E-state index in [-0.39, 0.29) is 0 Å². The van der Waals surface area contributed by atoms with E-state index < -0.39 is 0 Å². The molecule has 1 atom stereocenters. The molecular formula is C15H25NO2. The van der Waals surface area contributed by atoms with Gasteiger partial charge in [-0.2, -0.15) is 0 Å². The summed E-state index contributed by atoms with van der Waals surface area (Å²) in [7, 11) is 0. The van der Waals surface area contributed by atoms with Gasteiger partial charge in [0.15, 0.2) is 0 Å². The molecule has 18 heavy (non-hydrogen) atoms. The molecule has 0 saturated carbocycles. The minimum absolute atomic E-state index is 0.334. The predicted molar refractivity (Wildman–Crippen MR) is 75.0 cm³/mol. The fourth-order valence-electron chi connectivity index (χ4n) is 1.81. The first kappa shape index (κ1) is 15.0. The van der Waals surface area contributed by atoms with Crippen LogP contribution in [0.2, 0.25) is 0 Å². The quantitative estimate of drug-likeness (QED) is 0.663. The molecule has 0 aliphatic rings. The van der Waals surface area contributed by atoms with Crippen LogP contribution in [0, 0.1) is 0 Å². The number of ether oxygens (including phenoxy) is 1. The zero-order valence-corrected chi connectivity index (χ0v) is 11.5. The molecule has 0 aliphatic carbocycles. The molecule has 3 nitrogen and oxygen atoms in total. The van der Waals surface area contributed by atoms with Crippen LogP contribution < -0.4 is 5.32 Å². The van der Waals surface area contributed by atoms with Crippen molar-refractivity contribution in [3.63, 3.8) is 0 Å². The Balaban J connectivity index is 2.09. The average molecular weight is 251 g/mol. The minimum Gasteiger partial charge on any atom is -0.508 e. The summed E-state index contributed by atoms with van der Waals surface area (Å²) >= 11 is 0. The molecule has 0 saturated heterocycles. The summed E-state index contributed by atoms with van der Waals surface area (Å²) in [6.07, 6.45) is 3.22. The molecule has 0 amide bonds. The first-order valence-corrected chi connectivity index (χ1v) is 6.81. The molecule has 102 valence electrons. The van der Waals surface area contributed by atoms with Crippen LogP contribution in [0.15, 0.2) is 24.3 Å². The summed E-state index contributed by atoms with van der Waals surface area (Å²) in [5.74, 6) is 0.334. The van der Waals surface area contributed by atoms with E-state index in [1.807, 2.05) is 19.1 Å². The van der Waals surface area contributed by atoms with Gasteiger partial charge in [-0.05, 0) is 57.4 Å². The van der Waals surface area contributed by atoms with Crippen molar-refractivity contribution in [2.45, 2.75) is 39.2 Å². The number of hydrogen-bond donors (Lipinski definition) is 2. The molecule has 0 radical (unpaired) electrons. The van der Waals surface area contributed by atoms with Crippen molar-refractivity contribution >= 4 is 0 Å². The number of phenolic OH excluding ortho intramolecular Hbond substituents is 1. The molecule has 0 heterocycles. The summed E-state index contributed by atoms with van der Waals surface area (Å²) in [6, 6.07) is 7.97. The van der Waals surface area contributed by atoms with Crippen LogP contribution in [0.25, 0.3) is 0 Å². The Hall–Kier alpha value is -1.06. The molecule has 1 aromatic carbocycles. The Morgan fingerprint density at radius 2 is 2.00 bits per heavy atom. The molecule has 0 fully saturated rings. The van der Waals surface area contributed by atoms with Crippen molar-refractivity contribution in [3.8, 4) is 5.75 Å². The van der Waals surface area contributed by atoms with Crippen molar-refractivity contribution in [2.24, 2.45) is 0 Å². The molecule has 1 aromatic rings. The van der Waals surface area contributed by atoms with Gasteiger partial charge in [0.1, 0.15) is 5.75 Å². The SMILES string of the molecule is CCOCCCNC(C)CCc1ccc(O)cc1. The van der Waals surface area contributed by atoms with Crippen molar-refractivity contribution in [1.29, 1.82) is 0 Å². The summed E-state index contributed by atoms with van der Waals surface area (Å²) in [4.78, 5) is 0. The van der Waals surface area contributed by atoms with Crippen LogP contribution in [0.1, 0.15) is 32.3 Å². The summed E-state index contributed by atoms with van der Waals surface area (Å²) < 4.78 is 5.29. The van der Waals surface area contributed by atoms with E-state index in [0.717, 1.165) is 39.0 Å². The number of hydrogen-bond acceptors (Lipinski definition) is 3. The molecule has 1 rings (SSSR count). The third-order valence-electron chi connectivity index (χ3n) is 2.96. The Labute approximate surface area is 110 Å². The van der Waals surface area contributed by atoms with Crippen molar-refractivity contribution in [3.05, 3.63) is 29.8 Å². The lowest BCUT2D eigenvalue weighted by molar-refractivity contribution is 0.144. The van der Waals surface area contributed by atoms with Gasteiger partial charge >= 0.3 is 0 Å². The van der Waals surface area contributed by atoms with Crippen LogP contribution in [-0.4, -0.2) is 30.9 Å². The molecule has 1 unspecified atom stereocenters. The summed E-state index contributed by atoms with van der Waals surface area (Å²) in [5, 5.41) is 12.7. The summed E-state index contributed by atoms with van der Waals surface area (Å²) in [5.41, 5.74) is 1.27. The van der Waals surface area contributed by atoms with Gasteiger partial charge in [-0.25, -0.2) is 0 Å². The van der Waals surface area contributed by atoms with Gasteiger partial charge < -0.3 is 15.2 Å². The lowest BCUT2D eigenvalue weighted by atomic mass is 10.1. The molecule has 0 aliphatic heterocycles. The highest BCUT2D eigenvalue weighted by atomic mass is 16.5. The van der Waals surface area contributed by atoms with Gasteiger partial charge in [0.25, 0.3) is 0 Å². The van der Waals surface area contributed by atoms with Crippen LogP contribution in [0.4, 0.5) is 0 Å². The first-order chi connectivity index (χ1) is 8.72. The number of phenols is 1. The third-order valence-corrected chi connectivity index (χ3v) is 2.96. The maximum Gasteiger partial charge on any atom is 0.115 e. The minimum atomic E-state index is 0.334. The smallest absolute Gasteiger partial charge is 0.115 e. The fraction of sp³-hybridized carbons (Fsp3) is 0.600. The maximum absolute atomic E-state index is 9.20. The van der Waals surface area contributed by atoms with Gasteiger partial charge in [0, 0.05) is 19.3 Å². The van der Waals surface area contributed by atoms with Crippen LogP contribution >= 0.6 is 0 Å². The number of benzene rings is 1. The van der Waals surface area contributed by atoms with E-state index in [9.17, 15) is 5.11 Å². The molecule has 0 bridgehead atoms. The highest BCUT2D eigenvalue weighted by molar-refractivity contribution is 5.25. The fourth-order valence-corrected chi connectivity index (χ4v) is 1.81. The third kappa shape index (κ3) is 6.62. The standard InChI is InChI=1S/C15H25NO2/c1-3-18-12-4-11-16-13(2)5-6-14-7-9-15(17)10-8-14/h7-10,13,16-17H,3-6,11-12H2,1-2H3. The van der Waals surface area contributed by atoms with E-state index in [1.54, 1.807) is 12.1 Å². The van der Waals surface area contributed by atoms with Gasteiger partial charge in [0.2, 0.25) is 0 Å². The van der Waals surface area contributed by atoms with Gasteiger partial charge in [-0.1, -0.05) is 12.1 Å². The Bertz CT molecular complexity index is 311. The Morgan fingerprint density at radius 3 is 2.67 bits per heavy atom. The summed E-state index contributed by atoms with van der Waals surface area (Å²) in [6.45, 7) is 6.89. The van der Waals surface area contributed by atoms with E-state index in [0.29, 0.717) is 11.8 Å². The van der Waals surface area contributed by atoms with Crippen molar-refractivity contribution in [2.75, 3.05) is 19.8 Å². The zero-order valence-electron chi connectivity index (χ0n) is 11.5. The average Bonchev–Trinajstić information content (AvgIpc) is 2.38. The highest BCUT2D eigenvalue weighted by Crippen LogP contribution is 2.11. The Kier molecular flexibility index (Phi) is 7.46. The highest BCUT2D eigenvalue weighted by Gasteiger charge is 2.01. The van der Waals surface area contributed by atoms with Crippen molar-refractivity contribution < 1.29 is 9.84 Å². The second-order valence-corrected chi connectivity index (χ2v) is 4.61. The van der Waals surface area contributed by atoms with Crippen LogP contribution in [-0.2, 0) is 11.2 Å². The maximum atomic E-state index is 9.20. The molecular weight excluding hydrogens is 226 g/mol. The predicted octanol–water partition coefficient (Wildman–Crippen LogP) is 2.73. The first-order valence-electron chi connectivity index (χ1n) is 6.81. The number of aryl methyl sites for hydroxylation is 1. The lowest BCUT2D eigenvalue weighted by Crippen LogP contribution is -2.28. The topological polar surface area (TPSA) is 41.5 Å². The lowest BCUT2D eigenvalue weighted by Gasteiger charge is -2.13. The number of aromatic hydroxyl groups is 1. The van der Waals surface area contributed by atoms with E-state index in [1.165, 1.54) is 5.56 Å². The van der Waals surface area contributed by atoms with E-state index >= 15 is 0 Å². The van der Waals surface area contributed by atoms with Crippen molar-refractivity contribution in [1.82, 2.24) is 5.32 Å². The molecule has 3 heteroatoms. The van der Waals surface area contributed by atoms with Crippen LogP contribution in [0.3, 0.4) is 0 Å². The van der Waals surface area contributed by atoms with Gasteiger partial charge in [0.05, 0.1) is 0 Å². The normalized spacial score (nSPS) is 12.6. The molecule has 0 aromatic heterocycles. The van der Waals surface area contributed by atoms with Gasteiger partial charge in [-0.3, -0.25) is 0 Å². The van der Waals surface area contributed by atoms with E-state index in [4.69, 9.17) is 4.74 Å². The Morgan fingerprint density at radius 1 is 1.28 bits per heavy atom. The monoisotopic (exact) mass is 251 g/mol. The molecule has 2 N–H and O–H groups in total. The number of rotatable bonds is 9.